The number of rotatable bonds is 7. The van der Waals surface area contributed by atoms with Crippen LogP contribution in [0, 0.1) is 13.8 Å². The third-order valence-corrected chi connectivity index (χ3v) is 7.80. The van der Waals surface area contributed by atoms with E-state index in [1.54, 1.807) is 28.8 Å². The summed E-state index contributed by atoms with van der Waals surface area (Å²) in [6, 6.07) is 17.7. The van der Waals surface area contributed by atoms with E-state index in [-0.39, 0.29) is 29.6 Å². The van der Waals surface area contributed by atoms with Crippen molar-refractivity contribution in [3.63, 3.8) is 0 Å². The van der Waals surface area contributed by atoms with E-state index in [0.717, 1.165) is 24.1 Å². The molecular formula is C25H26N2O5S. The Labute approximate surface area is 193 Å². The third kappa shape index (κ3) is 4.54. The predicted octanol–water partition coefficient (Wildman–Crippen LogP) is 4.04. The number of nitrogens with zero attached hydrogens (tertiary/aromatic N) is 2. The number of benzene rings is 2. The summed E-state index contributed by atoms with van der Waals surface area (Å²) in [6.45, 7) is 4.37. The van der Waals surface area contributed by atoms with Crippen LogP contribution in [-0.2, 0) is 10.0 Å². The molecule has 1 saturated heterocycles. The van der Waals surface area contributed by atoms with Gasteiger partial charge in [0.05, 0.1) is 18.0 Å². The third-order valence-electron chi connectivity index (χ3n) is 5.95. The molecule has 0 atom stereocenters. The number of sulfonamides is 1. The van der Waals surface area contributed by atoms with Crippen LogP contribution in [0.15, 0.2) is 70.4 Å². The lowest BCUT2D eigenvalue weighted by Gasteiger charge is -2.37. The van der Waals surface area contributed by atoms with Gasteiger partial charge >= 0.3 is 0 Å². The van der Waals surface area contributed by atoms with Gasteiger partial charge in [0, 0.05) is 17.8 Å². The van der Waals surface area contributed by atoms with E-state index in [4.69, 9.17) is 9.47 Å². The Kier molecular flexibility index (Phi) is 5.50. The number of aromatic nitrogens is 1. The summed E-state index contributed by atoms with van der Waals surface area (Å²) in [4.78, 5) is 12.6. The van der Waals surface area contributed by atoms with E-state index in [1.807, 2.05) is 44.2 Å². The molecule has 7 nitrogen and oxygen atoms in total. The second-order valence-corrected chi connectivity index (χ2v) is 10.7. The summed E-state index contributed by atoms with van der Waals surface area (Å²) in [5.41, 5.74) is 1.89. The standard InChI is InChI=1S/C25H26N2O5S/c1-17-4-3-5-21(12-17)31-20-8-10-24(11-9-20)33(29,30)26-15-23(16-26)32-22-13-18(2)27(19-6-7-19)25(28)14-22/h3-5,8-14,19,23H,6-7,15-16H2,1-2H3. The lowest BCUT2D eigenvalue weighted by Crippen LogP contribution is -2.56. The van der Waals surface area contributed by atoms with E-state index in [2.05, 4.69) is 0 Å². The second kappa shape index (κ2) is 8.35. The fourth-order valence-electron chi connectivity index (χ4n) is 4.06. The molecule has 0 N–H and O–H groups in total. The summed E-state index contributed by atoms with van der Waals surface area (Å²) in [6.07, 6.45) is 1.80. The maximum atomic E-state index is 12.9. The molecule has 33 heavy (non-hydrogen) atoms. The molecule has 0 radical (unpaired) electrons. The van der Waals surface area contributed by atoms with E-state index >= 15 is 0 Å². The first kappa shape index (κ1) is 21.7. The molecule has 1 aliphatic heterocycles. The summed E-state index contributed by atoms with van der Waals surface area (Å²) in [5.74, 6) is 1.77. The molecule has 2 aromatic carbocycles. The van der Waals surface area contributed by atoms with E-state index < -0.39 is 10.0 Å². The fraction of sp³-hybridized carbons (Fsp3) is 0.320. The Morgan fingerprint density at radius 1 is 0.879 bits per heavy atom. The van der Waals surface area contributed by atoms with Crippen LogP contribution < -0.4 is 15.0 Å². The highest BCUT2D eigenvalue weighted by molar-refractivity contribution is 7.89. The van der Waals surface area contributed by atoms with Crippen molar-refractivity contribution in [2.45, 2.75) is 43.7 Å². The van der Waals surface area contributed by atoms with Crippen LogP contribution >= 0.6 is 0 Å². The predicted molar refractivity (Wildman–Crippen MR) is 125 cm³/mol. The Morgan fingerprint density at radius 3 is 2.24 bits per heavy atom. The molecule has 8 heteroatoms. The minimum Gasteiger partial charge on any atom is -0.487 e. The van der Waals surface area contributed by atoms with Gasteiger partial charge in [0.2, 0.25) is 10.0 Å². The molecule has 2 fully saturated rings. The van der Waals surface area contributed by atoms with Gasteiger partial charge in [-0.1, -0.05) is 12.1 Å². The molecule has 3 aromatic rings. The van der Waals surface area contributed by atoms with Crippen LogP contribution in [0.5, 0.6) is 17.2 Å². The van der Waals surface area contributed by atoms with Gasteiger partial charge in [-0.25, -0.2) is 8.42 Å². The Bertz CT molecular complexity index is 1340. The molecule has 1 aromatic heterocycles. The number of pyridine rings is 1. The van der Waals surface area contributed by atoms with Gasteiger partial charge in [-0.05, 0) is 74.7 Å². The molecule has 0 bridgehead atoms. The minimum absolute atomic E-state index is 0.0655. The van der Waals surface area contributed by atoms with Crippen LogP contribution in [0.1, 0.15) is 30.1 Å². The summed E-state index contributed by atoms with van der Waals surface area (Å²) in [7, 11) is -3.62. The molecule has 0 amide bonds. The molecule has 5 rings (SSSR count). The molecule has 1 saturated carbocycles. The first-order valence-corrected chi connectivity index (χ1v) is 12.5. The molecule has 0 unspecified atom stereocenters. The highest BCUT2D eigenvalue weighted by Gasteiger charge is 2.38. The van der Waals surface area contributed by atoms with Crippen molar-refractivity contribution in [1.29, 1.82) is 0 Å². The average Bonchev–Trinajstić information content (AvgIpc) is 3.55. The SMILES string of the molecule is Cc1cccc(Oc2ccc(S(=O)(=O)N3CC(Oc4cc(C)n(C5CC5)c(=O)c4)C3)cc2)c1. The largest absolute Gasteiger partial charge is 0.487 e. The molecule has 1 aliphatic carbocycles. The van der Waals surface area contributed by atoms with E-state index in [0.29, 0.717) is 23.3 Å². The van der Waals surface area contributed by atoms with Gasteiger partial charge < -0.3 is 14.0 Å². The second-order valence-electron chi connectivity index (χ2n) is 8.72. The monoisotopic (exact) mass is 466 g/mol. The zero-order valence-electron chi connectivity index (χ0n) is 18.6. The van der Waals surface area contributed by atoms with Crippen molar-refractivity contribution in [3.8, 4) is 17.2 Å². The Balaban J connectivity index is 1.21. The number of ether oxygens (including phenoxy) is 2. The van der Waals surface area contributed by atoms with E-state index in [9.17, 15) is 13.2 Å². The maximum Gasteiger partial charge on any atom is 0.254 e. The molecule has 2 heterocycles. The lowest BCUT2D eigenvalue weighted by atomic mass is 10.2. The Morgan fingerprint density at radius 2 is 1.61 bits per heavy atom. The maximum absolute atomic E-state index is 12.9. The van der Waals surface area contributed by atoms with Crippen molar-refractivity contribution in [2.75, 3.05) is 13.1 Å². The van der Waals surface area contributed by atoms with Crippen LogP contribution in [0.4, 0.5) is 0 Å². The zero-order chi connectivity index (χ0) is 23.2. The number of hydrogen-bond donors (Lipinski definition) is 0. The van der Waals surface area contributed by atoms with Crippen LogP contribution in [0.25, 0.3) is 0 Å². The first-order valence-electron chi connectivity index (χ1n) is 11.0. The van der Waals surface area contributed by atoms with E-state index in [1.165, 1.54) is 10.4 Å². The molecule has 0 spiro atoms. The molecule has 2 aliphatic rings. The topological polar surface area (TPSA) is 77.8 Å². The number of aryl methyl sites for hydroxylation is 2. The number of hydrogen-bond acceptors (Lipinski definition) is 5. The van der Waals surface area contributed by atoms with Crippen molar-refractivity contribution < 1.29 is 17.9 Å². The van der Waals surface area contributed by atoms with Gasteiger partial charge in [-0.2, -0.15) is 4.31 Å². The first-order chi connectivity index (χ1) is 15.8. The van der Waals surface area contributed by atoms with Crippen LogP contribution in [0.2, 0.25) is 0 Å². The summed E-state index contributed by atoms with van der Waals surface area (Å²) in [5, 5.41) is 0. The lowest BCUT2D eigenvalue weighted by molar-refractivity contribution is 0.0758. The molecule has 172 valence electrons. The Hall–Kier alpha value is -3.10. The van der Waals surface area contributed by atoms with Crippen molar-refractivity contribution in [3.05, 3.63) is 82.3 Å². The quantitative estimate of drug-likeness (QED) is 0.525. The van der Waals surface area contributed by atoms with Crippen molar-refractivity contribution in [1.82, 2.24) is 8.87 Å². The smallest absolute Gasteiger partial charge is 0.254 e. The van der Waals surface area contributed by atoms with Crippen molar-refractivity contribution >= 4 is 10.0 Å². The average molecular weight is 467 g/mol. The van der Waals surface area contributed by atoms with Crippen molar-refractivity contribution in [2.24, 2.45) is 0 Å². The van der Waals surface area contributed by atoms with Gasteiger partial charge in [-0.3, -0.25) is 4.79 Å². The van der Waals surface area contributed by atoms with Crippen LogP contribution in [0.3, 0.4) is 0 Å². The van der Waals surface area contributed by atoms with Gasteiger partial charge in [-0.15, -0.1) is 0 Å². The highest BCUT2D eigenvalue weighted by Crippen LogP contribution is 2.35. The summed E-state index contributed by atoms with van der Waals surface area (Å²) >= 11 is 0. The van der Waals surface area contributed by atoms with Gasteiger partial charge in [0.25, 0.3) is 5.56 Å². The fourth-order valence-corrected chi connectivity index (χ4v) is 5.56. The normalized spacial score (nSPS) is 16.9. The van der Waals surface area contributed by atoms with Crippen LogP contribution in [-0.4, -0.2) is 36.5 Å². The molecular weight excluding hydrogens is 440 g/mol. The van der Waals surface area contributed by atoms with Gasteiger partial charge in [0.1, 0.15) is 23.4 Å². The minimum atomic E-state index is -3.62. The zero-order valence-corrected chi connectivity index (χ0v) is 19.4. The van der Waals surface area contributed by atoms with Gasteiger partial charge in [0.15, 0.2) is 0 Å². The highest BCUT2D eigenvalue weighted by atomic mass is 32.2. The summed E-state index contributed by atoms with van der Waals surface area (Å²) < 4.78 is 40.7.